The average molecular weight is 347 g/mol. The second kappa shape index (κ2) is 8.13. The number of nitrogens with one attached hydrogen (secondary N) is 3. The molecule has 1 unspecified atom stereocenters. The monoisotopic (exact) mass is 347 g/mol. The molecule has 0 amide bonds. The fraction of sp³-hybridized carbons (Fsp3) is 0.100. The Bertz CT molecular complexity index is 882. The number of nitrogens with zero attached hydrogens (tertiary/aromatic N) is 2. The van der Waals surface area contributed by atoms with Crippen molar-refractivity contribution in [2.75, 3.05) is 16.0 Å². The molecule has 132 valence electrons. The normalized spacial score (nSPS) is 11.5. The summed E-state index contributed by atoms with van der Waals surface area (Å²) >= 11 is 0. The van der Waals surface area contributed by atoms with Crippen molar-refractivity contribution in [1.82, 2.24) is 9.97 Å². The Labute approximate surface area is 152 Å². The minimum atomic E-state index is -0.798. The van der Waals surface area contributed by atoms with Gasteiger partial charge in [0.2, 0.25) is 5.95 Å². The van der Waals surface area contributed by atoms with Crippen molar-refractivity contribution in [3.8, 4) is 0 Å². The molecule has 0 aliphatic rings. The van der Waals surface area contributed by atoms with Crippen molar-refractivity contribution in [2.45, 2.75) is 13.2 Å². The van der Waals surface area contributed by atoms with Gasteiger partial charge in [0.05, 0.1) is 0 Å². The number of rotatable bonds is 7. The van der Waals surface area contributed by atoms with Crippen molar-refractivity contribution >= 4 is 28.8 Å². The van der Waals surface area contributed by atoms with E-state index >= 15 is 0 Å². The van der Waals surface area contributed by atoms with Crippen LogP contribution in [0.4, 0.5) is 28.8 Å². The lowest BCUT2D eigenvalue weighted by Gasteiger charge is -2.13. The molecule has 1 atom stereocenters. The van der Waals surface area contributed by atoms with Crippen molar-refractivity contribution in [3.05, 3.63) is 79.0 Å². The first-order chi connectivity index (χ1) is 12.6. The van der Waals surface area contributed by atoms with Crippen LogP contribution in [-0.4, -0.2) is 21.3 Å². The molecule has 4 N–H and O–H groups in total. The molecule has 0 spiro atoms. The van der Waals surface area contributed by atoms with Crippen molar-refractivity contribution in [1.29, 1.82) is 0 Å². The van der Waals surface area contributed by atoms with Crippen LogP contribution in [0.2, 0.25) is 0 Å². The molecule has 0 radical (unpaired) electrons. The molecule has 0 aliphatic carbocycles. The molecule has 0 bridgehead atoms. The second-order valence-electron chi connectivity index (χ2n) is 5.75. The standard InChI is InChI=1S/C20H21N5O/c1-3-18(26)22-16-10-7-11-17(12-16)23-19-14(2)13-21-20(25-19)24-15-8-5-4-6-9-15/h3-13,18,22,26H,1H2,2H3,(H2,21,23,24,25). The molecule has 26 heavy (non-hydrogen) atoms. The molecule has 6 nitrogen and oxygen atoms in total. The first-order valence-electron chi connectivity index (χ1n) is 8.24. The van der Waals surface area contributed by atoms with Gasteiger partial charge in [-0.2, -0.15) is 4.98 Å². The summed E-state index contributed by atoms with van der Waals surface area (Å²) in [6, 6.07) is 17.3. The van der Waals surface area contributed by atoms with E-state index in [0.29, 0.717) is 11.8 Å². The van der Waals surface area contributed by atoms with E-state index in [9.17, 15) is 5.11 Å². The zero-order chi connectivity index (χ0) is 18.4. The number of benzene rings is 2. The number of aryl methyl sites for hydroxylation is 1. The quantitative estimate of drug-likeness (QED) is 0.379. The predicted octanol–water partition coefficient (Wildman–Crippen LogP) is 4.19. The average Bonchev–Trinajstić information content (AvgIpc) is 2.65. The Hall–Kier alpha value is -3.38. The van der Waals surface area contributed by atoms with Crippen LogP contribution in [0.25, 0.3) is 0 Å². The van der Waals surface area contributed by atoms with Gasteiger partial charge in [-0.3, -0.25) is 0 Å². The van der Waals surface area contributed by atoms with Crippen LogP contribution in [0.15, 0.2) is 73.4 Å². The Kier molecular flexibility index (Phi) is 5.46. The molecule has 0 aliphatic heterocycles. The largest absolute Gasteiger partial charge is 0.370 e. The fourth-order valence-corrected chi connectivity index (χ4v) is 2.33. The molecule has 2 aromatic carbocycles. The third kappa shape index (κ3) is 4.58. The zero-order valence-corrected chi connectivity index (χ0v) is 14.5. The lowest BCUT2D eigenvalue weighted by atomic mass is 10.2. The van der Waals surface area contributed by atoms with E-state index in [0.717, 1.165) is 22.6 Å². The fourth-order valence-electron chi connectivity index (χ4n) is 2.33. The molecular weight excluding hydrogens is 326 g/mol. The minimum Gasteiger partial charge on any atom is -0.370 e. The summed E-state index contributed by atoms with van der Waals surface area (Å²) in [4.78, 5) is 8.88. The van der Waals surface area contributed by atoms with E-state index in [1.165, 1.54) is 6.08 Å². The van der Waals surface area contributed by atoms with Crippen LogP contribution in [0.3, 0.4) is 0 Å². The second-order valence-corrected chi connectivity index (χ2v) is 5.75. The first kappa shape index (κ1) is 17.4. The van der Waals surface area contributed by atoms with Gasteiger partial charge in [-0.25, -0.2) is 4.98 Å². The van der Waals surface area contributed by atoms with E-state index in [4.69, 9.17) is 0 Å². The first-order valence-corrected chi connectivity index (χ1v) is 8.24. The number of aliphatic hydroxyl groups excluding tert-OH is 1. The number of para-hydroxylation sites is 1. The lowest BCUT2D eigenvalue weighted by Crippen LogP contribution is -2.14. The highest BCUT2D eigenvalue weighted by Gasteiger charge is 2.06. The van der Waals surface area contributed by atoms with Crippen LogP contribution >= 0.6 is 0 Å². The van der Waals surface area contributed by atoms with E-state index in [-0.39, 0.29) is 0 Å². The SMILES string of the molecule is C=CC(O)Nc1cccc(Nc2nc(Nc3ccccc3)ncc2C)c1. The maximum atomic E-state index is 9.63. The third-order valence-electron chi connectivity index (χ3n) is 3.66. The summed E-state index contributed by atoms with van der Waals surface area (Å²) in [5, 5.41) is 19.0. The van der Waals surface area contributed by atoms with Crippen LogP contribution in [0.1, 0.15) is 5.56 Å². The zero-order valence-electron chi connectivity index (χ0n) is 14.5. The van der Waals surface area contributed by atoms with E-state index < -0.39 is 6.23 Å². The number of anilines is 5. The molecule has 1 heterocycles. The molecule has 0 fully saturated rings. The number of hydrogen-bond acceptors (Lipinski definition) is 6. The van der Waals surface area contributed by atoms with Crippen molar-refractivity contribution in [3.63, 3.8) is 0 Å². The summed E-state index contributed by atoms with van der Waals surface area (Å²) in [5.41, 5.74) is 3.47. The molecule has 1 aromatic heterocycles. The van der Waals surface area contributed by atoms with Gasteiger partial charge in [0, 0.05) is 28.8 Å². The van der Waals surface area contributed by atoms with Crippen LogP contribution in [0, 0.1) is 6.92 Å². The van der Waals surface area contributed by atoms with Crippen molar-refractivity contribution in [2.24, 2.45) is 0 Å². The topological polar surface area (TPSA) is 82.1 Å². The molecule has 0 saturated heterocycles. The lowest BCUT2D eigenvalue weighted by molar-refractivity contribution is 0.253. The number of aromatic nitrogens is 2. The summed E-state index contributed by atoms with van der Waals surface area (Å²) < 4.78 is 0. The molecule has 0 saturated carbocycles. The minimum absolute atomic E-state index is 0.514. The van der Waals surface area contributed by atoms with Crippen molar-refractivity contribution < 1.29 is 5.11 Å². The Morgan fingerprint density at radius 1 is 1.00 bits per heavy atom. The summed E-state index contributed by atoms with van der Waals surface area (Å²) in [6.45, 7) is 5.49. The van der Waals surface area contributed by atoms with Gasteiger partial charge in [-0.15, -0.1) is 0 Å². The maximum Gasteiger partial charge on any atom is 0.229 e. The Balaban J connectivity index is 1.78. The molecule has 3 aromatic rings. The van der Waals surface area contributed by atoms with Crippen LogP contribution < -0.4 is 16.0 Å². The summed E-state index contributed by atoms with van der Waals surface area (Å²) in [6.07, 6.45) is 2.40. The highest BCUT2D eigenvalue weighted by atomic mass is 16.3. The van der Waals surface area contributed by atoms with Gasteiger partial charge in [0.15, 0.2) is 0 Å². The molecular formula is C20H21N5O. The highest BCUT2D eigenvalue weighted by Crippen LogP contribution is 2.23. The maximum absolute atomic E-state index is 9.63. The van der Waals surface area contributed by atoms with Gasteiger partial charge in [-0.1, -0.05) is 30.8 Å². The van der Waals surface area contributed by atoms with Crippen LogP contribution in [-0.2, 0) is 0 Å². The smallest absolute Gasteiger partial charge is 0.229 e. The van der Waals surface area contributed by atoms with E-state index in [1.807, 2.05) is 61.5 Å². The Morgan fingerprint density at radius 3 is 2.50 bits per heavy atom. The summed E-state index contributed by atoms with van der Waals surface area (Å²) in [7, 11) is 0. The number of aliphatic hydroxyl groups is 1. The van der Waals surface area contributed by atoms with Gasteiger partial charge in [0.1, 0.15) is 12.0 Å². The van der Waals surface area contributed by atoms with E-state index in [1.54, 1.807) is 6.20 Å². The number of hydrogen-bond donors (Lipinski definition) is 4. The van der Waals surface area contributed by atoms with Gasteiger partial charge in [0.25, 0.3) is 0 Å². The van der Waals surface area contributed by atoms with Gasteiger partial charge in [-0.05, 0) is 43.3 Å². The van der Waals surface area contributed by atoms with E-state index in [2.05, 4.69) is 32.5 Å². The van der Waals surface area contributed by atoms with Crippen LogP contribution in [0.5, 0.6) is 0 Å². The van der Waals surface area contributed by atoms with Gasteiger partial charge < -0.3 is 21.1 Å². The van der Waals surface area contributed by atoms with Gasteiger partial charge >= 0.3 is 0 Å². The predicted molar refractivity (Wildman–Crippen MR) is 106 cm³/mol. The summed E-state index contributed by atoms with van der Waals surface area (Å²) in [5.74, 6) is 1.22. The molecule has 6 heteroatoms. The third-order valence-corrected chi connectivity index (χ3v) is 3.66. The molecule has 3 rings (SSSR count). The highest BCUT2D eigenvalue weighted by molar-refractivity contribution is 5.65. The Morgan fingerprint density at radius 2 is 1.73 bits per heavy atom.